The second-order valence-corrected chi connectivity index (χ2v) is 11.5. The zero-order chi connectivity index (χ0) is 31.6. The fourth-order valence-corrected chi connectivity index (χ4v) is 7.17. The Morgan fingerprint density at radius 1 is 0.889 bits per heavy atom. The van der Waals surface area contributed by atoms with E-state index in [0.29, 0.717) is 17.0 Å². The van der Waals surface area contributed by atoms with Crippen LogP contribution < -0.4 is 15.0 Å². The highest BCUT2D eigenvalue weighted by Crippen LogP contribution is 2.50. The van der Waals surface area contributed by atoms with Crippen molar-refractivity contribution in [2.45, 2.75) is 48.8 Å². The van der Waals surface area contributed by atoms with E-state index in [1.54, 1.807) is 43.2 Å². The average Bonchev–Trinajstić information content (AvgIpc) is 3.41. The van der Waals surface area contributed by atoms with Gasteiger partial charge in [-0.1, -0.05) is 91.0 Å². The normalized spacial score (nSPS) is 25.8. The number of nitro groups is 1. The molecule has 1 amide bonds. The van der Waals surface area contributed by atoms with Crippen molar-refractivity contribution in [3.63, 3.8) is 0 Å². The minimum atomic E-state index is -1.49. The van der Waals surface area contributed by atoms with Crippen LogP contribution in [0.3, 0.4) is 0 Å². The number of ether oxygens (including phenoxy) is 2. The summed E-state index contributed by atoms with van der Waals surface area (Å²) in [5, 5.41) is 16.8. The van der Waals surface area contributed by atoms with Gasteiger partial charge in [-0.05, 0) is 47.9 Å². The number of carbonyl (C=O) groups excluding carboxylic acids is 2. The number of nitrogens with zero attached hydrogens (tertiary/aromatic N) is 2. The lowest BCUT2D eigenvalue weighted by molar-refractivity contribution is -0.527. The highest BCUT2D eigenvalue weighted by atomic mass is 16.6. The maximum Gasteiger partial charge on any atom is 0.327 e. The van der Waals surface area contributed by atoms with Crippen LogP contribution in [0.2, 0.25) is 0 Å². The van der Waals surface area contributed by atoms with Crippen LogP contribution in [0.5, 0.6) is 5.75 Å². The van der Waals surface area contributed by atoms with Gasteiger partial charge < -0.3 is 14.4 Å². The molecule has 230 valence electrons. The summed E-state index contributed by atoms with van der Waals surface area (Å²) in [6, 6.07) is 32.1. The quantitative estimate of drug-likeness (QED) is 0.115. The third-order valence-electron chi connectivity index (χ3n) is 9.05. The maximum absolute atomic E-state index is 14.2. The van der Waals surface area contributed by atoms with Gasteiger partial charge in [-0.3, -0.25) is 25.0 Å². The van der Waals surface area contributed by atoms with Gasteiger partial charge in [0.05, 0.1) is 37.6 Å². The summed E-state index contributed by atoms with van der Waals surface area (Å²) in [6.45, 7) is 1.84. The zero-order valence-electron chi connectivity index (χ0n) is 25.1. The first kappa shape index (κ1) is 30.0. The van der Waals surface area contributed by atoms with Crippen LogP contribution in [0.1, 0.15) is 35.4 Å². The number of rotatable bonds is 10. The summed E-state index contributed by atoms with van der Waals surface area (Å²) in [5.74, 6) is -1.68. The molecule has 6 atom stereocenters. The van der Waals surface area contributed by atoms with Gasteiger partial charge >= 0.3 is 5.97 Å². The zero-order valence-corrected chi connectivity index (χ0v) is 25.1. The lowest BCUT2D eigenvalue weighted by Crippen LogP contribution is -2.70. The Labute approximate surface area is 261 Å². The van der Waals surface area contributed by atoms with Crippen LogP contribution in [0.25, 0.3) is 0 Å². The Morgan fingerprint density at radius 3 is 2.02 bits per heavy atom. The van der Waals surface area contributed by atoms with Gasteiger partial charge in [-0.25, -0.2) is 0 Å². The lowest BCUT2D eigenvalue weighted by atomic mass is 9.71. The van der Waals surface area contributed by atoms with Crippen LogP contribution in [-0.2, 0) is 20.7 Å². The van der Waals surface area contributed by atoms with E-state index in [0.717, 1.165) is 11.1 Å². The number of β-lactam (4-membered cyclic amide) rings is 1. The fourth-order valence-electron chi connectivity index (χ4n) is 7.17. The minimum absolute atomic E-state index is 0.110. The summed E-state index contributed by atoms with van der Waals surface area (Å²) in [6.07, 6.45) is 0.159. The van der Waals surface area contributed by atoms with Crippen molar-refractivity contribution in [3.8, 4) is 5.75 Å². The number of anilines is 1. The third-order valence-corrected chi connectivity index (χ3v) is 9.05. The van der Waals surface area contributed by atoms with E-state index >= 15 is 0 Å². The molecule has 4 aromatic carbocycles. The number of hydrogen-bond donors (Lipinski definition) is 1. The number of esters is 1. The van der Waals surface area contributed by atoms with Crippen molar-refractivity contribution >= 4 is 17.6 Å². The highest BCUT2D eigenvalue weighted by molar-refractivity contribution is 6.07. The van der Waals surface area contributed by atoms with Crippen LogP contribution in [0, 0.1) is 10.1 Å². The van der Waals surface area contributed by atoms with Crippen molar-refractivity contribution in [3.05, 3.63) is 142 Å². The van der Waals surface area contributed by atoms with Crippen molar-refractivity contribution in [2.24, 2.45) is 0 Å². The SMILES string of the molecule is CCOC(=O)[C@]1(Cc2ccccc2)N[C@H]([C@H]2[C@H](c3ccccc3)C(=O)N2c2ccc(OC)cc2)[C@H]([N+](=O)[O-])[C@H]1c1ccccc1. The smallest absolute Gasteiger partial charge is 0.327 e. The summed E-state index contributed by atoms with van der Waals surface area (Å²) >= 11 is 0. The van der Waals surface area contributed by atoms with Crippen LogP contribution in [0.15, 0.2) is 115 Å². The molecule has 0 radical (unpaired) electrons. The average molecular weight is 606 g/mol. The van der Waals surface area contributed by atoms with Crippen molar-refractivity contribution in [2.75, 3.05) is 18.6 Å². The largest absolute Gasteiger partial charge is 0.497 e. The van der Waals surface area contributed by atoms with E-state index in [-0.39, 0.29) is 23.9 Å². The molecule has 2 heterocycles. The van der Waals surface area contributed by atoms with Crippen LogP contribution >= 0.6 is 0 Å². The summed E-state index contributed by atoms with van der Waals surface area (Å²) in [4.78, 5) is 42.9. The molecule has 1 N–H and O–H groups in total. The van der Waals surface area contributed by atoms with Gasteiger partial charge in [0.25, 0.3) is 0 Å². The van der Waals surface area contributed by atoms with Gasteiger partial charge in [0.2, 0.25) is 11.9 Å². The lowest BCUT2D eigenvalue weighted by Gasteiger charge is -2.50. The van der Waals surface area contributed by atoms with E-state index in [1.807, 2.05) is 91.0 Å². The molecule has 2 aliphatic rings. The number of benzene rings is 4. The molecular weight excluding hydrogens is 570 g/mol. The molecule has 0 bridgehead atoms. The Balaban J connectivity index is 1.55. The molecule has 0 unspecified atom stereocenters. The molecule has 2 aliphatic heterocycles. The number of methoxy groups -OCH3 is 1. The highest BCUT2D eigenvalue weighted by Gasteiger charge is 2.69. The molecule has 0 aromatic heterocycles. The third kappa shape index (κ3) is 5.33. The molecule has 2 saturated heterocycles. The van der Waals surface area contributed by atoms with Gasteiger partial charge in [0.15, 0.2) is 0 Å². The maximum atomic E-state index is 14.2. The van der Waals surface area contributed by atoms with E-state index in [9.17, 15) is 19.7 Å². The van der Waals surface area contributed by atoms with Crippen LogP contribution in [0.4, 0.5) is 5.69 Å². The van der Waals surface area contributed by atoms with E-state index in [1.165, 1.54) is 0 Å². The first-order chi connectivity index (χ1) is 21.9. The predicted molar refractivity (Wildman–Crippen MR) is 170 cm³/mol. The standard InChI is InChI=1S/C36H35N3O6/c1-3-45-35(41)36(23-24-13-7-4-8-14-24)30(26-17-11-6-12-18-26)33(39(42)43)31(37-36)32-29(25-15-9-5-10-16-25)34(40)38(32)27-19-21-28(44-2)22-20-27/h4-22,29-33,37H,3,23H2,1-2H3/t29-,30+,31+,32+,33+,36+/m0/s1. The van der Waals surface area contributed by atoms with Crippen LogP contribution in [-0.4, -0.2) is 54.2 Å². The van der Waals surface area contributed by atoms with Crippen molar-refractivity contribution in [1.82, 2.24) is 5.32 Å². The van der Waals surface area contributed by atoms with Gasteiger partial charge in [-0.15, -0.1) is 0 Å². The second-order valence-electron chi connectivity index (χ2n) is 11.5. The number of amides is 1. The molecule has 0 saturated carbocycles. The van der Waals surface area contributed by atoms with Crippen molar-refractivity contribution < 1.29 is 24.0 Å². The molecule has 9 heteroatoms. The van der Waals surface area contributed by atoms with Gasteiger partial charge in [0, 0.05) is 17.0 Å². The molecule has 0 aliphatic carbocycles. The van der Waals surface area contributed by atoms with Gasteiger partial charge in [0.1, 0.15) is 11.3 Å². The summed E-state index contributed by atoms with van der Waals surface area (Å²) in [7, 11) is 1.56. The van der Waals surface area contributed by atoms with Gasteiger partial charge in [-0.2, -0.15) is 0 Å². The van der Waals surface area contributed by atoms with E-state index in [4.69, 9.17) is 9.47 Å². The first-order valence-electron chi connectivity index (χ1n) is 15.1. The predicted octanol–water partition coefficient (Wildman–Crippen LogP) is 5.14. The summed E-state index contributed by atoms with van der Waals surface area (Å²) < 4.78 is 11.0. The topological polar surface area (TPSA) is 111 Å². The monoisotopic (exact) mass is 605 g/mol. The molecule has 0 spiro atoms. The number of nitrogens with one attached hydrogen (secondary N) is 1. The Bertz CT molecular complexity index is 1650. The first-order valence-corrected chi connectivity index (χ1v) is 15.1. The van der Waals surface area contributed by atoms with E-state index in [2.05, 4.69) is 5.32 Å². The molecule has 45 heavy (non-hydrogen) atoms. The Hall–Kier alpha value is -5.02. The Kier molecular flexibility index (Phi) is 8.36. The summed E-state index contributed by atoms with van der Waals surface area (Å²) in [5.41, 5.74) is 1.34. The minimum Gasteiger partial charge on any atom is -0.497 e. The number of carbonyl (C=O) groups is 2. The second kappa shape index (κ2) is 12.5. The Morgan fingerprint density at radius 2 is 1.47 bits per heavy atom. The van der Waals surface area contributed by atoms with E-state index < -0.39 is 41.5 Å². The molecule has 4 aromatic rings. The fraction of sp³-hybridized carbons (Fsp3) is 0.278. The molecule has 2 fully saturated rings. The molecular formula is C36H35N3O6. The molecule has 9 nitrogen and oxygen atoms in total. The number of hydrogen-bond acceptors (Lipinski definition) is 7. The van der Waals surface area contributed by atoms with Crippen molar-refractivity contribution in [1.29, 1.82) is 0 Å². The molecule has 6 rings (SSSR count).